The molecule has 0 saturated heterocycles. The van der Waals surface area contributed by atoms with E-state index in [1.54, 1.807) is 13.8 Å². The van der Waals surface area contributed by atoms with Gasteiger partial charge >= 0.3 is 7.75 Å². The second-order valence-electron chi connectivity index (χ2n) is 4.31. The molecular formula is C12H15N6O3P. The molecule has 0 aliphatic rings. The van der Waals surface area contributed by atoms with E-state index in [4.69, 9.17) is 9.05 Å². The third-order valence-corrected chi connectivity index (χ3v) is 4.55. The number of fused-ring (bicyclic) bond motifs is 3. The Morgan fingerprint density at radius 2 is 1.95 bits per heavy atom. The molecule has 3 aromatic rings. The third-order valence-electron chi connectivity index (χ3n) is 2.86. The number of benzene rings is 1. The minimum absolute atomic E-state index is 0.235. The zero-order chi connectivity index (χ0) is 15.6. The van der Waals surface area contributed by atoms with Crippen molar-refractivity contribution in [1.82, 2.24) is 25.0 Å². The summed E-state index contributed by atoms with van der Waals surface area (Å²) in [5.41, 5.74) is 1.75. The van der Waals surface area contributed by atoms with Crippen molar-refractivity contribution in [2.24, 2.45) is 0 Å². The topological polar surface area (TPSA) is 104 Å². The molecule has 0 bridgehead atoms. The number of aromatic nitrogens is 5. The first kappa shape index (κ1) is 14.8. The van der Waals surface area contributed by atoms with E-state index in [9.17, 15) is 4.57 Å². The molecule has 22 heavy (non-hydrogen) atoms. The van der Waals surface area contributed by atoms with Gasteiger partial charge in [0.05, 0.1) is 24.2 Å². The molecule has 0 spiro atoms. The van der Waals surface area contributed by atoms with Crippen LogP contribution >= 0.6 is 7.75 Å². The summed E-state index contributed by atoms with van der Waals surface area (Å²) in [5.74, 6) is 0.244. The van der Waals surface area contributed by atoms with Crippen molar-refractivity contribution in [2.45, 2.75) is 13.8 Å². The fourth-order valence-corrected chi connectivity index (χ4v) is 3.34. The second-order valence-corrected chi connectivity index (χ2v) is 6.04. The summed E-state index contributed by atoms with van der Waals surface area (Å²) in [7, 11) is -3.52. The molecule has 3 rings (SSSR count). The van der Waals surface area contributed by atoms with Crippen LogP contribution in [0, 0.1) is 0 Å². The van der Waals surface area contributed by atoms with Crippen molar-refractivity contribution in [1.29, 1.82) is 0 Å². The van der Waals surface area contributed by atoms with E-state index in [-0.39, 0.29) is 19.0 Å². The van der Waals surface area contributed by atoms with Crippen LogP contribution in [0.2, 0.25) is 0 Å². The summed E-state index contributed by atoms with van der Waals surface area (Å²) in [4.78, 5) is 4.42. The zero-order valence-corrected chi connectivity index (χ0v) is 13.0. The van der Waals surface area contributed by atoms with Gasteiger partial charge in [-0.1, -0.05) is 12.1 Å². The first-order chi connectivity index (χ1) is 10.7. The molecule has 0 saturated carbocycles. The van der Waals surface area contributed by atoms with Gasteiger partial charge in [-0.3, -0.25) is 14.1 Å². The van der Waals surface area contributed by atoms with Gasteiger partial charge in [-0.05, 0) is 36.4 Å². The van der Waals surface area contributed by atoms with Crippen LogP contribution in [0.5, 0.6) is 0 Å². The number of nitrogens with one attached hydrogen (secondary N) is 1. The van der Waals surface area contributed by atoms with Crippen molar-refractivity contribution in [3.63, 3.8) is 0 Å². The molecule has 2 aromatic heterocycles. The molecule has 1 N–H and O–H groups in total. The molecule has 9 nitrogen and oxygen atoms in total. The predicted octanol–water partition coefficient (Wildman–Crippen LogP) is 2.27. The maximum Gasteiger partial charge on any atom is 0.433 e. The van der Waals surface area contributed by atoms with Crippen molar-refractivity contribution >= 4 is 30.2 Å². The molecule has 10 heteroatoms. The van der Waals surface area contributed by atoms with Crippen LogP contribution in [0.4, 0.5) is 5.82 Å². The molecule has 0 radical (unpaired) electrons. The van der Waals surface area contributed by atoms with Crippen LogP contribution in [0.15, 0.2) is 24.3 Å². The number of anilines is 1. The number of hydrogen-bond acceptors (Lipinski definition) is 7. The number of tetrazole rings is 1. The standard InChI is InChI=1S/C12H15N6O3P/c1-3-20-22(19,21-4-2)15-11-12-14-16-17-18(12)10-8-6-5-7-9(10)13-11/h5-8H,3-4H2,1-2H3,(H,13,15,19). The zero-order valence-electron chi connectivity index (χ0n) is 12.1. The fraction of sp³-hybridized carbons (Fsp3) is 0.333. The van der Waals surface area contributed by atoms with Crippen LogP contribution < -0.4 is 5.09 Å². The molecule has 1 aromatic carbocycles. The fourth-order valence-electron chi connectivity index (χ4n) is 2.05. The van der Waals surface area contributed by atoms with Gasteiger partial charge in [0, 0.05) is 0 Å². The molecule has 0 unspecified atom stereocenters. The molecule has 0 atom stereocenters. The summed E-state index contributed by atoms with van der Waals surface area (Å²) in [6, 6.07) is 7.37. The highest BCUT2D eigenvalue weighted by Gasteiger charge is 2.26. The Hall–Kier alpha value is -2.09. The van der Waals surface area contributed by atoms with Gasteiger partial charge in [-0.2, -0.15) is 4.52 Å². The smallest absolute Gasteiger partial charge is 0.293 e. The lowest BCUT2D eigenvalue weighted by atomic mass is 10.3. The third kappa shape index (κ3) is 2.66. The van der Waals surface area contributed by atoms with E-state index in [1.807, 2.05) is 24.3 Å². The van der Waals surface area contributed by atoms with E-state index in [2.05, 4.69) is 25.6 Å². The van der Waals surface area contributed by atoms with Crippen molar-refractivity contribution in [3.8, 4) is 0 Å². The lowest BCUT2D eigenvalue weighted by molar-refractivity contribution is 0.225. The lowest BCUT2D eigenvalue weighted by Gasteiger charge is -2.18. The van der Waals surface area contributed by atoms with E-state index >= 15 is 0 Å². The van der Waals surface area contributed by atoms with Crippen LogP contribution in [0.25, 0.3) is 16.7 Å². The van der Waals surface area contributed by atoms with Crippen molar-refractivity contribution in [2.75, 3.05) is 18.3 Å². The molecule has 0 fully saturated rings. The molecular weight excluding hydrogens is 307 g/mol. The Kier molecular flexibility index (Phi) is 4.02. The maximum atomic E-state index is 12.6. The SMILES string of the molecule is CCOP(=O)(Nc1nc2ccccc2n2nnnc12)OCC. The summed E-state index contributed by atoms with van der Waals surface area (Å²) >= 11 is 0. The van der Waals surface area contributed by atoms with E-state index in [0.29, 0.717) is 11.2 Å². The van der Waals surface area contributed by atoms with Crippen LogP contribution in [-0.2, 0) is 13.6 Å². The van der Waals surface area contributed by atoms with Gasteiger partial charge in [0.2, 0.25) is 5.65 Å². The highest BCUT2D eigenvalue weighted by atomic mass is 31.2. The quantitative estimate of drug-likeness (QED) is 0.689. The minimum atomic E-state index is -3.52. The van der Waals surface area contributed by atoms with Crippen LogP contribution in [0.3, 0.4) is 0 Å². The van der Waals surface area contributed by atoms with Crippen LogP contribution in [0.1, 0.15) is 13.8 Å². The Morgan fingerprint density at radius 3 is 2.68 bits per heavy atom. The number of para-hydroxylation sites is 2. The molecule has 0 aliphatic heterocycles. The normalized spacial score (nSPS) is 12.1. The number of rotatable bonds is 6. The van der Waals surface area contributed by atoms with Crippen molar-refractivity contribution < 1.29 is 13.6 Å². The Balaban J connectivity index is 2.12. The lowest BCUT2D eigenvalue weighted by Crippen LogP contribution is -2.08. The van der Waals surface area contributed by atoms with Gasteiger partial charge in [0.1, 0.15) is 0 Å². The van der Waals surface area contributed by atoms with E-state index in [1.165, 1.54) is 4.52 Å². The van der Waals surface area contributed by atoms with Gasteiger partial charge in [0.25, 0.3) is 0 Å². The molecule has 2 heterocycles. The maximum absolute atomic E-state index is 12.6. The summed E-state index contributed by atoms with van der Waals surface area (Å²) < 4.78 is 24.6. The van der Waals surface area contributed by atoms with Crippen LogP contribution in [-0.4, -0.2) is 38.2 Å². The molecule has 0 amide bonds. The first-order valence-corrected chi connectivity index (χ1v) is 8.35. The van der Waals surface area contributed by atoms with E-state index < -0.39 is 7.75 Å². The summed E-state index contributed by atoms with van der Waals surface area (Å²) in [6.45, 7) is 3.93. The summed E-state index contributed by atoms with van der Waals surface area (Å²) in [5, 5.41) is 14.2. The Bertz CT molecular complexity index is 841. The highest BCUT2D eigenvalue weighted by Crippen LogP contribution is 2.47. The molecule has 116 valence electrons. The Labute approximate surface area is 126 Å². The van der Waals surface area contributed by atoms with E-state index in [0.717, 1.165) is 5.52 Å². The second kappa shape index (κ2) is 5.96. The Morgan fingerprint density at radius 1 is 1.23 bits per heavy atom. The van der Waals surface area contributed by atoms with Gasteiger partial charge < -0.3 is 0 Å². The minimum Gasteiger partial charge on any atom is -0.293 e. The van der Waals surface area contributed by atoms with Gasteiger partial charge in [0.15, 0.2) is 5.82 Å². The number of nitrogens with zero attached hydrogens (tertiary/aromatic N) is 5. The first-order valence-electron chi connectivity index (χ1n) is 6.81. The highest BCUT2D eigenvalue weighted by molar-refractivity contribution is 7.55. The largest absolute Gasteiger partial charge is 0.433 e. The van der Waals surface area contributed by atoms with Gasteiger partial charge in [-0.25, -0.2) is 9.55 Å². The average Bonchev–Trinajstić information content (AvgIpc) is 2.98. The monoisotopic (exact) mass is 322 g/mol. The number of hydrogen-bond donors (Lipinski definition) is 1. The van der Waals surface area contributed by atoms with Crippen molar-refractivity contribution in [3.05, 3.63) is 24.3 Å². The predicted molar refractivity (Wildman–Crippen MR) is 80.6 cm³/mol. The van der Waals surface area contributed by atoms with Gasteiger partial charge in [-0.15, -0.1) is 5.10 Å². The summed E-state index contributed by atoms with van der Waals surface area (Å²) in [6.07, 6.45) is 0. The average molecular weight is 322 g/mol. The molecule has 0 aliphatic carbocycles.